The maximum Gasteiger partial charge on any atom is 0.155 e. The van der Waals surface area contributed by atoms with E-state index in [-0.39, 0.29) is 6.04 Å². The van der Waals surface area contributed by atoms with Gasteiger partial charge in [-0.1, -0.05) is 109 Å². The van der Waals surface area contributed by atoms with Gasteiger partial charge in [0.1, 0.15) is 11.5 Å². The number of nitrogens with zero attached hydrogens (tertiary/aromatic N) is 3. The SMILES string of the molecule is c1ccc(C2=NC(c3ccccc3)CC(c3ccc4cc(-c5ccc6c7c(cccc57)-c5ccccc5O6)cnc4c3)=N2)cc1. The maximum atomic E-state index is 6.32. The Labute approximate surface area is 261 Å². The standard InChI is InChI=1S/C41H27N3O/c1-3-10-26(11-4-1)36-24-37(44-41(43-36)27-12-5-2-6-13-27)29-19-18-28-22-30(25-42-35(28)23-29)31-20-21-39-40-33(31)15-9-16-34(40)32-14-7-8-17-38(32)45-39/h1-23,25,36H,24H2. The van der Waals surface area contributed by atoms with E-state index < -0.39 is 0 Å². The Morgan fingerprint density at radius 1 is 0.578 bits per heavy atom. The number of aliphatic imine (C=N–C) groups is 2. The number of pyridine rings is 1. The van der Waals surface area contributed by atoms with Gasteiger partial charge in [0.2, 0.25) is 0 Å². The third-order valence-electron chi connectivity index (χ3n) is 8.85. The number of fused-ring (bicyclic) bond motifs is 3. The molecule has 6 aromatic carbocycles. The maximum absolute atomic E-state index is 6.32. The van der Waals surface area contributed by atoms with Gasteiger partial charge in [-0.3, -0.25) is 9.98 Å². The highest BCUT2D eigenvalue weighted by Crippen LogP contribution is 2.48. The lowest BCUT2D eigenvalue weighted by Gasteiger charge is -2.22. The molecule has 7 aromatic rings. The van der Waals surface area contributed by atoms with Crippen LogP contribution in [-0.2, 0) is 0 Å². The molecule has 0 saturated carbocycles. The van der Waals surface area contributed by atoms with Gasteiger partial charge in [-0.25, -0.2) is 4.99 Å². The molecule has 9 rings (SSSR count). The fourth-order valence-electron chi connectivity index (χ4n) is 6.64. The number of aromatic nitrogens is 1. The molecule has 1 atom stereocenters. The van der Waals surface area contributed by atoms with Crippen LogP contribution in [0.5, 0.6) is 11.5 Å². The molecule has 212 valence electrons. The second kappa shape index (κ2) is 10.4. The summed E-state index contributed by atoms with van der Waals surface area (Å²) in [5.74, 6) is 2.55. The van der Waals surface area contributed by atoms with Crippen LogP contribution in [0.4, 0.5) is 0 Å². The first-order valence-corrected chi connectivity index (χ1v) is 15.3. The number of amidine groups is 1. The van der Waals surface area contributed by atoms with Crippen LogP contribution < -0.4 is 4.74 Å². The quantitative estimate of drug-likeness (QED) is 0.209. The first-order valence-electron chi connectivity index (χ1n) is 15.3. The zero-order chi connectivity index (χ0) is 29.7. The molecule has 0 radical (unpaired) electrons. The lowest BCUT2D eigenvalue weighted by Crippen LogP contribution is -2.17. The fourth-order valence-corrected chi connectivity index (χ4v) is 6.64. The largest absolute Gasteiger partial charge is 0.456 e. The van der Waals surface area contributed by atoms with Crippen molar-refractivity contribution in [3.05, 3.63) is 162 Å². The van der Waals surface area contributed by atoms with Crippen molar-refractivity contribution in [1.29, 1.82) is 0 Å². The van der Waals surface area contributed by atoms with Gasteiger partial charge < -0.3 is 4.74 Å². The molecular formula is C41H27N3O. The van der Waals surface area contributed by atoms with Crippen LogP contribution in [0.2, 0.25) is 0 Å². The summed E-state index contributed by atoms with van der Waals surface area (Å²) in [6, 6.07) is 48.4. The van der Waals surface area contributed by atoms with Crippen molar-refractivity contribution in [3.8, 4) is 33.8 Å². The summed E-state index contributed by atoms with van der Waals surface area (Å²) < 4.78 is 6.32. The molecule has 0 aliphatic carbocycles. The number of ether oxygens (including phenoxy) is 1. The Bertz CT molecular complexity index is 2320. The van der Waals surface area contributed by atoms with Gasteiger partial charge in [0.25, 0.3) is 0 Å². The van der Waals surface area contributed by atoms with E-state index in [0.29, 0.717) is 0 Å². The second-order valence-electron chi connectivity index (χ2n) is 11.6. The van der Waals surface area contributed by atoms with Crippen molar-refractivity contribution in [2.75, 3.05) is 0 Å². The Balaban J connectivity index is 1.11. The van der Waals surface area contributed by atoms with E-state index in [4.69, 9.17) is 19.7 Å². The molecule has 1 unspecified atom stereocenters. The number of hydrogen-bond acceptors (Lipinski definition) is 4. The molecule has 0 spiro atoms. The summed E-state index contributed by atoms with van der Waals surface area (Å²) in [6.07, 6.45) is 2.72. The summed E-state index contributed by atoms with van der Waals surface area (Å²) in [5, 5.41) is 3.39. The highest BCUT2D eigenvalue weighted by molar-refractivity contribution is 6.15. The predicted molar refractivity (Wildman–Crippen MR) is 184 cm³/mol. The Morgan fingerprint density at radius 2 is 1.38 bits per heavy atom. The lowest BCUT2D eigenvalue weighted by molar-refractivity contribution is 0.487. The second-order valence-corrected chi connectivity index (χ2v) is 11.6. The van der Waals surface area contributed by atoms with E-state index in [2.05, 4.69) is 103 Å². The summed E-state index contributed by atoms with van der Waals surface area (Å²) in [5.41, 5.74) is 9.80. The van der Waals surface area contributed by atoms with Crippen LogP contribution in [-0.4, -0.2) is 16.5 Å². The van der Waals surface area contributed by atoms with E-state index in [0.717, 1.165) is 79.0 Å². The van der Waals surface area contributed by atoms with Gasteiger partial charge in [0.15, 0.2) is 5.84 Å². The van der Waals surface area contributed by atoms with Crippen LogP contribution in [0, 0.1) is 0 Å². The van der Waals surface area contributed by atoms with Crippen LogP contribution in [0.3, 0.4) is 0 Å². The van der Waals surface area contributed by atoms with Gasteiger partial charge in [-0.2, -0.15) is 0 Å². The Hall–Kier alpha value is -5.87. The molecule has 3 heterocycles. The molecule has 0 fully saturated rings. The summed E-state index contributed by atoms with van der Waals surface area (Å²) in [6.45, 7) is 0. The van der Waals surface area contributed by atoms with E-state index in [1.165, 1.54) is 11.1 Å². The van der Waals surface area contributed by atoms with Crippen LogP contribution >= 0.6 is 0 Å². The molecule has 0 saturated heterocycles. The minimum Gasteiger partial charge on any atom is -0.456 e. The number of para-hydroxylation sites is 1. The fraction of sp³-hybridized carbons (Fsp3) is 0.0488. The number of benzene rings is 6. The number of rotatable bonds is 4. The van der Waals surface area contributed by atoms with Crippen molar-refractivity contribution < 1.29 is 4.74 Å². The van der Waals surface area contributed by atoms with Crippen LogP contribution in [0.25, 0.3) is 43.9 Å². The topological polar surface area (TPSA) is 46.8 Å². The Kier molecular flexibility index (Phi) is 5.91. The van der Waals surface area contributed by atoms with Gasteiger partial charge in [0.05, 0.1) is 17.3 Å². The molecule has 2 aliphatic rings. The minimum absolute atomic E-state index is 0.00358. The third kappa shape index (κ3) is 4.42. The van der Waals surface area contributed by atoms with E-state index >= 15 is 0 Å². The monoisotopic (exact) mass is 577 g/mol. The number of hydrogen-bond donors (Lipinski definition) is 0. The zero-order valence-electron chi connectivity index (χ0n) is 24.4. The van der Waals surface area contributed by atoms with Gasteiger partial charge in [-0.15, -0.1) is 0 Å². The summed E-state index contributed by atoms with van der Waals surface area (Å²) in [7, 11) is 0. The molecule has 4 heteroatoms. The molecule has 0 bridgehead atoms. The molecule has 0 amide bonds. The highest BCUT2D eigenvalue weighted by Gasteiger charge is 2.23. The van der Waals surface area contributed by atoms with Gasteiger partial charge >= 0.3 is 0 Å². The van der Waals surface area contributed by atoms with E-state index in [1.807, 2.05) is 42.6 Å². The predicted octanol–water partition coefficient (Wildman–Crippen LogP) is 10.2. The molecule has 45 heavy (non-hydrogen) atoms. The van der Waals surface area contributed by atoms with Gasteiger partial charge in [-0.05, 0) is 58.0 Å². The first kappa shape index (κ1) is 25.6. The summed E-state index contributed by atoms with van der Waals surface area (Å²) in [4.78, 5) is 15.1. The molecule has 2 aliphatic heterocycles. The molecule has 0 N–H and O–H groups in total. The van der Waals surface area contributed by atoms with Crippen molar-refractivity contribution in [2.45, 2.75) is 12.5 Å². The highest BCUT2D eigenvalue weighted by atomic mass is 16.5. The summed E-state index contributed by atoms with van der Waals surface area (Å²) >= 11 is 0. The van der Waals surface area contributed by atoms with E-state index in [1.54, 1.807) is 0 Å². The van der Waals surface area contributed by atoms with Crippen molar-refractivity contribution >= 4 is 33.2 Å². The average molecular weight is 578 g/mol. The lowest BCUT2D eigenvalue weighted by atomic mass is 9.90. The van der Waals surface area contributed by atoms with Crippen LogP contribution in [0.15, 0.2) is 156 Å². The van der Waals surface area contributed by atoms with E-state index in [9.17, 15) is 0 Å². The normalized spacial score (nSPS) is 15.2. The molecule has 4 nitrogen and oxygen atoms in total. The van der Waals surface area contributed by atoms with Gasteiger partial charge in [0, 0.05) is 40.1 Å². The minimum atomic E-state index is 0.00358. The van der Waals surface area contributed by atoms with Crippen molar-refractivity contribution in [3.63, 3.8) is 0 Å². The third-order valence-corrected chi connectivity index (χ3v) is 8.85. The molecular weight excluding hydrogens is 550 g/mol. The molecule has 1 aromatic heterocycles. The zero-order valence-corrected chi connectivity index (χ0v) is 24.4. The smallest absolute Gasteiger partial charge is 0.155 e. The first-order chi connectivity index (χ1) is 22.3. The average Bonchev–Trinajstić information content (AvgIpc) is 3.12. The van der Waals surface area contributed by atoms with Crippen molar-refractivity contribution in [1.82, 2.24) is 4.98 Å². The van der Waals surface area contributed by atoms with Crippen molar-refractivity contribution in [2.24, 2.45) is 9.98 Å². The Morgan fingerprint density at radius 3 is 2.27 bits per heavy atom. The van der Waals surface area contributed by atoms with Crippen LogP contribution in [0.1, 0.15) is 29.2 Å².